The Labute approximate surface area is 78.3 Å². The summed E-state index contributed by atoms with van der Waals surface area (Å²) in [7, 11) is 0. The lowest BCUT2D eigenvalue weighted by Crippen LogP contribution is -2.42. The molecular formula is C9H16N2O2. The fourth-order valence-electron chi connectivity index (χ4n) is 1.45. The third kappa shape index (κ3) is 2.67. The van der Waals surface area contributed by atoms with Gasteiger partial charge >= 0.3 is 0 Å². The molecule has 2 saturated heterocycles. The molecule has 0 aromatic rings. The number of hydrogen-bond donors (Lipinski definition) is 1. The van der Waals surface area contributed by atoms with Crippen LogP contribution >= 0.6 is 0 Å². The Hall–Kier alpha value is -0.610. The summed E-state index contributed by atoms with van der Waals surface area (Å²) in [6, 6.07) is 0. The number of oxime groups is 1. The first kappa shape index (κ1) is 8.97. The maximum atomic E-state index is 5.50. The van der Waals surface area contributed by atoms with E-state index in [1.54, 1.807) is 0 Å². The summed E-state index contributed by atoms with van der Waals surface area (Å²) >= 11 is 0. The minimum atomic E-state index is 0.270. The Morgan fingerprint density at radius 3 is 3.00 bits per heavy atom. The molecule has 0 saturated carbocycles. The van der Waals surface area contributed by atoms with Crippen LogP contribution in [-0.4, -0.2) is 38.1 Å². The van der Waals surface area contributed by atoms with E-state index in [4.69, 9.17) is 9.57 Å². The zero-order valence-electron chi connectivity index (χ0n) is 7.79. The van der Waals surface area contributed by atoms with Crippen LogP contribution in [0.2, 0.25) is 0 Å². The van der Waals surface area contributed by atoms with E-state index in [0.717, 1.165) is 31.8 Å². The Kier molecular flexibility index (Phi) is 3.16. The van der Waals surface area contributed by atoms with Crippen molar-refractivity contribution in [1.29, 1.82) is 0 Å². The molecule has 1 atom stereocenters. The van der Waals surface area contributed by atoms with Crippen LogP contribution in [0.4, 0.5) is 0 Å². The standard InChI is InChI=1S/C9H16N2O2/c1-2-4-12-9(3-1)7-13-11-8-5-10-6-8/h9-10H,1-7H2. The lowest BCUT2D eigenvalue weighted by atomic mass is 10.1. The zero-order chi connectivity index (χ0) is 8.93. The van der Waals surface area contributed by atoms with Gasteiger partial charge < -0.3 is 14.9 Å². The highest BCUT2D eigenvalue weighted by Gasteiger charge is 2.15. The Morgan fingerprint density at radius 1 is 1.46 bits per heavy atom. The highest BCUT2D eigenvalue weighted by molar-refractivity contribution is 5.92. The second-order valence-electron chi connectivity index (χ2n) is 3.55. The molecule has 0 aromatic heterocycles. The average molecular weight is 184 g/mol. The number of hydrogen-bond acceptors (Lipinski definition) is 4. The summed E-state index contributed by atoms with van der Waals surface area (Å²) in [6.45, 7) is 3.26. The number of rotatable bonds is 3. The topological polar surface area (TPSA) is 42.8 Å². The van der Waals surface area contributed by atoms with Crippen LogP contribution in [0.25, 0.3) is 0 Å². The molecular weight excluding hydrogens is 168 g/mol. The molecule has 2 aliphatic rings. The van der Waals surface area contributed by atoms with E-state index < -0.39 is 0 Å². The SMILES string of the molecule is C1CCC(CON=C2CNC2)OC1. The molecule has 4 heteroatoms. The Balaban J connectivity index is 1.60. The van der Waals surface area contributed by atoms with E-state index in [2.05, 4.69) is 10.5 Å². The summed E-state index contributed by atoms with van der Waals surface area (Å²) in [5.41, 5.74) is 1.11. The fourth-order valence-corrected chi connectivity index (χ4v) is 1.45. The zero-order valence-corrected chi connectivity index (χ0v) is 7.79. The first-order valence-electron chi connectivity index (χ1n) is 4.95. The predicted octanol–water partition coefficient (Wildman–Crippen LogP) is 0.531. The van der Waals surface area contributed by atoms with E-state index >= 15 is 0 Å². The Morgan fingerprint density at radius 2 is 2.38 bits per heavy atom. The molecule has 2 heterocycles. The van der Waals surface area contributed by atoms with E-state index in [0.29, 0.717) is 6.61 Å². The van der Waals surface area contributed by atoms with Crippen LogP contribution in [0.5, 0.6) is 0 Å². The quantitative estimate of drug-likeness (QED) is 0.651. The molecule has 1 unspecified atom stereocenters. The van der Waals surface area contributed by atoms with Gasteiger partial charge in [0, 0.05) is 19.7 Å². The van der Waals surface area contributed by atoms with Crippen molar-refractivity contribution in [2.45, 2.75) is 25.4 Å². The van der Waals surface area contributed by atoms with Crippen LogP contribution in [0.15, 0.2) is 5.16 Å². The molecule has 1 N–H and O–H groups in total. The van der Waals surface area contributed by atoms with E-state index in [-0.39, 0.29) is 6.10 Å². The first-order chi connectivity index (χ1) is 6.45. The van der Waals surface area contributed by atoms with Crippen LogP contribution in [-0.2, 0) is 9.57 Å². The Bertz CT molecular complexity index is 182. The molecule has 0 radical (unpaired) electrons. The lowest BCUT2D eigenvalue weighted by Gasteiger charge is -2.22. The molecule has 2 aliphatic heterocycles. The molecule has 74 valence electrons. The predicted molar refractivity (Wildman–Crippen MR) is 49.8 cm³/mol. The highest BCUT2D eigenvalue weighted by atomic mass is 16.6. The van der Waals surface area contributed by atoms with Gasteiger partial charge in [-0.05, 0) is 19.3 Å². The lowest BCUT2D eigenvalue weighted by molar-refractivity contribution is -0.0399. The van der Waals surface area contributed by atoms with Gasteiger partial charge in [0.25, 0.3) is 0 Å². The van der Waals surface area contributed by atoms with Crippen molar-refractivity contribution in [2.24, 2.45) is 5.16 Å². The number of nitrogens with zero attached hydrogens (tertiary/aromatic N) is 1. The van der Waals surface area contributed by atoms with Gasteiger partial charge in [-0.25, -0.2) is 0 Å². The monoisotopic (exact) mass is 184 g/mol. The van der Waals surface area contributed by atoms with Crippen molar-refractivity contribution < 1.29 is 9.57 Å². The molecule has 0 aromatic carbocycles. The summed E-state index contributed by atoms with van der Waals surface area (Å²) in [5, 5.41) is 7.11. The van der Waals surface area contributed by atoms with Crippen molar-refractivity contribution in [3.8, 4) is 0 Å². The van der Waals surface area contributed by atoms with Gasteiger partial charge in [-0.3, -0.25) is 0 Å². The van der Waals surface area contributed by atoms with Crippen LogP contribution in [0, 0.1) is 0 Å². The van der Waals surface area contributed by atoms with Gasteiger partial charge in [0.2, 0.25) is 0 Å². The second-order valence-corrected chi connectivity index (χ2v) is 3.55. The molecule has 0 bridgehead atoms. The van der Waals surface area contributed by atoms with E-state index in [1.807, 2.05) is 0 Å². The number of nitrogens with one attached hydrogen (secondary N) is 1. The minimum absolute atomic E-state index is 0.270. The van der Waals surface area contributed by atoms with Gasteiger partial charge in [-0.1, -0.05) is 5.16 Å². The van der Waals surface area contributed by atoms with Crippen LogP contribution < -0.4 is 5.32 Å². The van der Waals surface area contributed by atoms with Crippen molar-refractivity contribution in [3.63, 3.8) is 0 Å². The minimum Gasteiger partial charge on any atom is -0.393 e. The normalized spacial score (nSPS) is 28.0. The second kappa shape index (κ2) is 4.58. The fraction of sp³-hybridized carbons (Fsp3) is 0.889. The summed E-state index contributed by atoms with van der Waals surface area (Å²) < 4.78 is 5.50. The largest absolute Gasteiger partial charge is 0.393 e. The smallest absolute Gasteiger partial charge is 0.143 e. The van der Waals surface area contributed by atoms with Crippen molar-refractivity contribution in [1.82, 2.24) is 5.32 Å². The number of ether oxygens (including phenoxy) is 1. The van der Waals surface area contributed by atoms with Crippen LogP contribution in [0.3, 0.4) is 0 Å². The van der Waals surface area contributed by atoms with Crippen molar-refractivity contribution >= 4 is 5.71 Å². The van der Waals surface area contributed by atoms with E-state index in [1.165, 1.54) is 12.8 Å². The first-order valence-corrected chi connectivity index (χ1v) is 4.95. The summed E-state index contributed by atoms with van der Waals surface area (Å²) in [4.78, 5) is 5.20. The summed E-state index contributed by atoms with van der Waals surface area (Å²) in [6.07, 6.45) is 3.83. The molecule has 0 amide bonds. The van der Waals surface area contributed by atoms with Gasteiger partial charge in [-0.15, -0.1) is 0 Å². The highest BCUT2D eigenvalue weighted by Crippen LogP contribution is 2.12. The molecule has 0 spiro atoms. The van der Waals surface area contributed by atoms with E-state index in [9.17, 15) is 0 Å². The maximum Gasteiger partial charge on any atom is 0.143 e. The van der Waals surface area contributed by atoms with Crippen molar-refractivity contribution in [3.05, 3.63) is 0 Å². The third-order valence-corrected chi connectivity index (χ3v) is 2.39. The van der Waals surface area contributed by atoms with Crippen molar-refractivity contribution in [2.75, 3.05) is 26.3 Å². The summed E-state index contributed by atoms with van der Waals surface area (Å²) in [5.74, 6) is 0. The van der Waals surface area contributed by atoms with Gasteiger partial charge in [0.05, 0.1) is 11.8 Å². The maximum absolute atomic E-state index is 5.50. The third-order valence-electron chi connectivity index (χ3n) is 2.39. The molecule has 4 nitrogen and oxygen atoms in total. The average Bonchev–Trinajstić information content (AvgIpc) is 2.11. The van der Waals surface area contributed by atoms with Gasteiger partial charge in [0.1, 0.15) is 6.61 Å². The molecule has 2 rings (SSSR count). The van der Waals surface area contributed by atoms with Gasteiger partial charge in [-0.2, -0.15) is 0 Å². The molecule has 13 heavy (non-hydrogen) atoms. The van der Waals surface area contributed by atoms with Gasteiger partial charge in [0.15, 0.2) is 0 Å². The molecule has 2 fully saturated rings. The van der Waals surface area contributed by atoms with Crippen LogP contribution in [0.1, 0.15) is 19.3 Å². The molecule has 0 aliphatic carbocycles.